The van der Waals surface area contributed by atoms with Gasteiger partial charge in [0.25, 0.3) is 5.56 Å². The summed E-state index contributed by atoms with van der Waals surface area (Å²) in [4.78, 5) is 35.7. The summed E-state index contributed by atoms with van der Waals surface area (Å²) in [7, 11) is 1.49. The van der Waals surface area contributed by atoms with Gasteiger partial charge in [-0.05, 0) is 0 Å². The molecular weight excluding hydrogens is 655 g/mol. The fraction of sp³-hybridized carbons (Fsp3) is 0.500. The third-order valence-electron chi connectivity index (χ3n) is 6.46. The van der Waals surface area contributed by atoms with Gasteiger partial charge >= 0.3 is 13.6 Å². The van der Waals surface area contributed by atoms with Crippen molar-refractivity contribution in [3.63, 3.8) is 0 Å². The average Bonchev–Trinajstić information content (AvgIpc) is 3.60. The Kier molecular flexibility index (Phi) is 8.40. The molecule has 43 heavy (non-hydrogen) atoms. The molecule has 2 bridgehead atoms. The Morgan fingerprint density at radius 2 is 1.98 bits per heavy atom. The number of hydrogen-bond acceptors (Lipinski definition) is 15. The zero-order valence-corrected chi connectivity index (χ0v) is 25.6. The van der Waals surface area contributed by atoms with Crippen molar-refractivity contribution < 1.29 is 41.1 Å². The van der Waals surface area contributed by atoms with Gasteiger partial charge in [0.1, 0.15) is 36.8 Å². The normalized spacial score (nSPS) is 30.7. The number of anilines is 1. The lowest BCUT2D eigenvalue weighted by molar-refractivity contribution is -0.0444. The van der Waals surface area contributed by atoms with E-state index in [2.05, 4.69) is 54.4 Å². The van der Waals surface area contributed by atoms with Crippen molar-refractivity contribution in [2.45, 2.75) is 44.4 Å². The summed E-state index contributed by atoms with van der Waals surface area (Å²) in [5, 5.41) is 0. The first-order valence-corrected chi connectivity index (χ1v) is 17.8. The molecule has 6 rings (SSSR count). The van der Waals surface area contributed by atoms with Gasteiger partial charge in [-0.25, -0.2) is 33.5 Å². The monoisotopic (exact) mass is 679 g/mol. The number of nitrogens with two attached hydrogens (primary N) is 1. The van der Waals surface area contributed by atoms with E-state index in [0.29, 0.717) is 17.0 Å². The molecule has 23 heteroatoms. The number of nitrogens with zero attached hydrogens (tertiary/aromatic N) is 7. The largest absolute Gasteiger partial charge is 0.387 e. The molecule has 1 saturated heterocycles. The van der Waals surface area contributed by atoms with E-state index in [1.165, 1.54) is 17.9 Å². The molecule has 0 radical (unpaired) electrons. The molecule has 0 saturated carbocycles. The third-order valence-corrected chi connectivity index (χ3v) is 9.73. The maximum absolute atomic E-state index is 15.9. The highest BCUT2D eigenvalue weighted by Crippen LogP contribution is 2.58. The van der Waals surface area contributed by atoms with E-state index in [0.717, 1.165) is 6.33 Å². The van der Waals surface area contributed by atoms with E-state index < -0.39 is 57.0 Å². The number of aromatic amines is 1. The molecule has 0 aliphatic carbocycles. The first-order chi connectivity index (χ1) is 20.4. The van der Waals surface area contributed by atoms with Crippen molar-refractivity contribution in [2.24, 2.45) is 0 Å². The lowest BCUT2D eigenvalue weighted by Crippen LogP contribution is -2.31. The van der Waals surface area contributed by atoms with Crippen molar-refractivity contribution in [1.82, 2.24) is 39.0 Å². The Bertz CT molecular complexity index is 1840. The molecule has 0 aromatic carbocycles. The van der Waals surface area contributed by atoms with Crippen LogP contribution in [0.15, 0.2) is 17.3 Å². The highest BCUT2D eigenvalue weighted by Gasteiger charge is 2.51. The number of nitrogen functional groups attached to an aromatic ring is 1. The van der Waals surface area contributed by atoms with Crippen molar-refractivity contribution in [2.75, 3.05) is 26.1 Å². The maximum atomic E-state index is 15.9. The highest BCUT2D eigenvalue weighted by molar-refractivity contribution is 8.44. The van der Waals surface area contributed by atoms with E-state index in [-0.39, 0.29) is 42.7 Å². The number of fused-ring (bicyclic) bond motifs is 6. The second-order valence-corrected chi connectivity index (χ2v) is 15.1. The predicted molar refractivity (Wildman–Crippen MR) is 152 cm³/mol. The smallest absolute Gasteiger partial charge is 0.377 e. The molecule has 3 N–H and O–H groups in total. The van der Waals surface area contributed by atoms with Crippen LogP contribution in [0.3, 0.4) is 0 Å². The van der Waals surface area contributed by atoms with E-state index in [4.69, 9.17) is 33.3 Å². The van der Waals surface area contributed by atoms with Gasteiger partial charge in [-0.3, -0.25) is 32.4 Å². The summed E-state index contributed by atoms with van der Waals surface area (Å²) in [6.45, 7) is -9.44. The van der Waals surface area contributed by atoms with Crippen LogP contribution in [-0.4, -0.2) is 77.7 Å². The van der Waals surface area contributed by atoms with Crippen LogP contribution in [-0.2, 0) is 56.5 Å². The lowest BCUT2D eigenvalue weighted by atomic mass is 10.1. The van der Waals surface area contributed by atoms with Gasteiger partial charge in [0, 0.05) is 13.7 Å². The van der Waals surface area contributed by atoms with Gasteiger partial charge in [-0.15, -0.1) is 0 Å². The fourth-order valence-electron chi connectivity index (χ4n) is 4.62. The summed E-state index contributed by atoms with van der Waals surface area (Å²) in [5.41, 5.74) is 5.58. The van der Waals surface area contributed by atoms with Crippen LogP contribution in [0.5, 0.6) is 0 Å². The lowest BCUT2D eigenvalue weighted by Gasteiger charge is -2.24. The van der Waals surface area contributed by atoms with Crippen LogP contribution in [0.4, 0.5) is 10.3 Å². The molecule has 4 aromatic heterocycles. The average molecular weight is 680 g/mol. The quantitative estimate of drug-likeness (QED) is 0.179. The van der Waals surface area contributed by atoms with Crippen LogP contribution in [0.2, 0.25) is 0 Å². The van der Waals surface area contributed by atoms with Gasteiger partial charge < -0.3 is 19.8 Å². The molecule has 232 valence electrons. The van der Waals surface area contributed by atoms with Crippen LogP contribution < -0.4 is 11.3 Å². The second-order valence-electron chi connectivity index (χ2n) is 9.30. The minimum atomic E-state index is -4.34. The van der Waals surface area contributed by atoms with E-state index in [9.17, 15) is 13.9 Å². The highest BCUT2D eigenvalue weighted by atomic mass is 32.7. The molecule has 1 fully saturated rings. The zero-order chi connectivity index (χ0) is 30.5. The van der Waals surface area contributed by atoms with Gasteiger partial charge in [0.2, 0.25) is 5.95 Å². The number of hydrogen-bond donors (Lipinski definition) is 4. The Hall–Kier alpha value is -2.45. The molecule has 2 aliphatic heterocycles. The first kappa shape index (κ1) is 30.6. The SMILES string of the molecule is COCc1ncc2nc3n(c2n1)CCOP(=O)(S)OC[C@H]1O[C@@H](n2cnc4c(=O)[nH]c(N)nc42)[C@H](OP(=O)(S)OC3)[C@@H]1F. The number of aromatic nitrogens is 8. The number of nitrogens with one attached hydrogen (secondary N) is 1. The van der Waals surface area contributed by atoms with Crippen LogP contribution in [0, 0.1) is 0 Å². The minimum absolute atomic E-state index is 0.0452. The summed E-state index contributed by atoms with van der Waals surface area (Å²) < 4.78 is 77.9. The van der Waals surface area contributed by atoms with E-state index in [1.807, 2.05) is 0 Å². The standard InChI is InChI=1S/C20H24FN9O9P2S2/c1-34-6-11-23-4-9-16(26-11)29-2-3-35-40(32,42)36-5-10-13(21)15(39-41(33,43)37-7-12(29)25-9)19(38-10)30-8-24-14-17(30)27-20(22)28-18(14)31/h4,8,10,13,15,19H,2-3,5-7H2,1H3,(H,32,42)(H,33,43)(H3,22,27,28,31)/t10-,13-,15-,19-,40?,41?/m1/s1. The molecular formula is C20H24FN9O9P2S2. The van der Waals surface area contributed by atoms with E-state index in [1.54, 1.807) is 4.57 Å². The second kappa shape index (κ2) is 11.8. The fourth-order valence-corrected chi connectivity index (χ4v) is 7.15. The van der Waals surface area contributed by atoms with Crippen molar-refractivity contribution in [3.05, 3.63) is 34.5 Å². The molecule has 18 nitrogen and oxygen atoms in total. The number of H-pyrrole nitrogens is 1. The topological polar surface area (TPSA) is 223 Å². The molecule has 6 heterocycles. The van der Waals surface area contributed by atoms with Crippen molar-refractivity contribution in [1.29, 1.82) is 0 Å². The van der Waals surface area contributed by atoms with Gasteiger partial charge in [0.15, 0.2) is 35.0 Å². The summed E-state index contributed by atoms with van der Waals surface area (Å²) in [6, 6.07) is 0. The number of rotatable bonds is 3. The first-order valence-electron chi connectivity index (χ1n) is 12.4. The summed E-state index contributed by atoms with van der Waals surface area (Å²) in [6.07, 6.45) is -3.93. The minimum Gasteiger partial charge on any atom is -0.377 e. The number of ether oxygens (including phenoxy) is 2. The van der Waals surface area contributed by atoms with Gasteiger partial charge in [0.05, 0.1) is 25.7 Å². The third kappa shape index (κ3) is 6.24. The van der Waals surface area contributed by atoms with Crippen LogP contribution in [0.25, 0.3) is 22.3 Å². The Morgan fingerprint density at radius 1 is 1.16 bits per heavy atom. The Labute approximate surface area is 251 Å². The molecule has 4 aromatic rings. The van der Waals surface area contributed by atoms with Gasteiger partial charge in [-0.1, -0.05) is 24.5 Å². The molecule has 0 amide bonds. The molecule has 0 spiro atoms. The summed E-state index contributed by atoms with van der Waals surface area (Å²) in [5.74, 6) is 0.334. The Balaban J connectivity index is 1.37. The zero-order valence-electron chi connectivity index (χ0n) is 22.0. The van der Waals surface area contributed by atoms with Crippen molar-refractivity contribution in [3.8, 4) is 0 Å². The molecule has 6 atom stereocenters. The van der Waals surface area contributed by atoms with Crippen LogP contribution >= 0.6 is 38.1 Å². The van der Waals surface area contributed by atoms with Crippen molar-refractivity contribution >= 4 is 66.4 Å². The molecule has 2 unspecified atom stereocenters. The maximum Gasteiger partial charge on any atom is 0.387 e. The van der Waals surface area contributed by atoms with Gasteiger partial charge in [-0.2, -0.15) is 4.98 Å². The Morgan fingerprint density at radius 3 is 2.77 bits per heavy atom. The number of imidazole rings is 2. The number of halogens is 1. The molecule has 2 aliphatic rings. The van der Waals surface area contributed by atoms with Crippen LogP contribution in [0.1, 0.15) is 17.9 Å². The van der Waals surface area contributed by atoms with E-state index >= 15 is 4.39 Å². The predicted octanol–water partition coefficient (Wildman–Crippen LogP) is 1.95. The number of alkyl halides is 1. The summed E-state index contributed by atoms with van der Waals surface area (Å²) >= 11 is 8.07. The number of methoxy groups -OCH3 is 1. The number of thiol groups is 2.